The molecule has 1 atom stereocenters. The molecule has 1 aromatic carbocycles. The molecule has 2 N–H and O–H groups in total. The molecule has 0 saturated carbocycles. The summed E-state index contributed by atoms with van der Waals surface area (Å²) in [5, 5.41) is -0.660. The van der Waals surface area contributed by atoms with E-state index in [9.17, 15) is 18.0 Å². The molecule has 0 aromatic heterocycles. The number of halogens is 3. The highest BCUT2D eigenvalue weighted by Gasteiger charge is 2.48. The Kier molecular flexibility index (Phi) is 14.5. The molecule has 5 nitrogen and oxygen atoms in total. The van der Waals surface area contributed by atoms with Gasteiger partial charge < -0.3 is 15.5 Å². The van der Waals surface area contributed by atoms with Gasteiger partial charge in [0, 0.05) is 46.2 Å². The molecule has 2 aliphatic rings. The van der Waals surface area contributed by atoms with Crippen molar-refractivity contribution in [3.05, 3.63) is 69.3 Å². The number of terminal acetylenes is 1. The van der Waals surface area contributed by atoms with Gasteiger partial charge in [0.25, 0.3) is 5.91 Å². The fourth-order valence-corrected chi connectivity index (χ4v) is 5.50. The van der Waals surface area contributed by atoms with Crippen LogP contribution in [0.2, 0.25) is 0 Å². The molecule has 1 unspecified atom stereocenters. The first-order chi connectivity index (χ1) is 18.3. The summed E-state index contributed by atoms with van der Waals surface area (Å²) in [7, 11) is 3.41. The molecule has 2 heterocycles. The van der Waals surface area contributed by atoms with Crippen LogP contribution < -0.4 is 5.73 Å². The number of piperazine rings is 1. The van der Waals surface area contributed by atoms with Crippen LogP contribution in [-0.4, -0.2) is 79.0 Å². The quantitative estimate of drug-likeness (QED) is 0.354. The van der Waals surface area contributed by atoms with Crippen LogP contribution in [0.3, 0.4) is 0 Å². The number of thioether (sulfide) groups is 1. The zero-order valence-corrected chi connectivity index (χ0v) is 25.0. The van der Waals surface area contributed by atoms with Gasteiger partial charge in [0.1, 0.15) is 16.0 Å². The molecule has 0 aliphatic carbocycles. The maximum Gasteiger partial charge on any atom is 0.432 e. The number of nitrogens with two attached hydrogens (primary N) is 1. The van der Waals surface area contributed by atoms with Crippen molar-refractivity contribution in [3.8, 4) is 12.3 Å². The SMILES string of the molecule is C#CC/C=C\C(CN1CCN(C)CC1)=C(/C)C1SC(C(N)=O)=C(C(F)(F)F)N1C.CC.Cc1cccc(C)c1. The zero-order valence-electron chi connectivity index (χ0n) is 24.2. The minimum absolute atomic E-state index is 0.436. The lowest BCUT2D eigenvalue weighted by Crippen LogP contribution is -2.45. The van der Waals surface area contributed by atoms with Crippen molar-refractivity contribution in [2.24, 2.45) is 5.73 Å². The summed E-state index contributed by atoms with van der Waals surface area (Å²) in [6.45, 7) is 14.2. The Morgan fingerprint density at radius 1 is 1.15 bits per heavy atom. The van der Waals surface area contributed by atoms with Crippen molar-refractivity contribution in [2.75, 3.05) is 46.8 Å². The van der Waals surface area contributed by atoms with Crippen LogP contribution in [0.15, 0.2) is 58.2 Å². The summed E-state index contributed by atoms with van der Waals surface area (Å²) in [4.78, 5) is 16.8. The summed E-state index contributed by atoms with van der Waals surface area (Å²) < 4.78 is 40.6. The van der Waals surface area contributed by atoms with Crippen LogP contribution in [0, 0.1) is 26.2 Å². The van der Waals surface area contributed by atoms with E-state index in [0.717, 1.165) is 54.0 Å². The number of alkyl halides is 3. The Balaban J connectivity index is 0.000000641. The van der Waals surface area contributed by atoms with Crippen LogP contribution in [-0.2, 0) is 4.79 Å². The normalized spacial score (nSPS) is 19.1. The highest BCUT2D eigenvalue weighted by atomic mass is 32.2. The van der Waals surface area contributed by atoms with Crippen molar-refractivity contribution in [3.63, 3.8) is 0 Å². The van der Waals surface area contributed by atoms with E-state index < -0.39 is 28.1 Å². The number of nitrogens with zero attached hydrogens (tertiary/aromatic N) is 3. The second-order valence-electron chi connectivity index (χ2n) is 9.38. The van der Waals surface area contributed by atoms with Gasteiger partial charge in [-0.3, -0.25) is 9.69 Å². The molecule has 1 aromatic rings. The summed E-state index contributed by atoms with van der Waals surface area (Å²) in [6, 6.07) is 8.45. The lowest BCUT2D eigenvalue weighted by molar-refractivity contribution is -0.118. The third-order valence-corrected chi connectivity index (χ3v) is 7.76. The number of likely N-dealkylation sites (N-methyl/N-ethyl adjacent to an activating group) is 2. The van der Waals surface area contributed by atoms with E-state index in [1.807, 2.05) is 26.0 Å². The first-order valence-corrected chi connectivity index (χ1v) is 14.0. The highest BCUT2D eigenvalue weighted by molar-refractivity contribution is 8.05. The molecule has 9 heteroatoms. The molecule has 0 radical (unpaired) electrons. The number of rotatable bonds is 6. The van der Waals surface area contributed by atoms with E-state index in [4.69, 9.17) is 12.2 Å². The van der Waals surface area contributed by atoms with Gasteiger partial charge in [-0.1, -0.05) is 73.2 Å². The molecular formula is C30H43F3N4OS. The minimum Gasteiger partial charge on any atom is -0.365 e. The molecule has 3 rings (SSSR count). The standard InChI is InChI=1S/C20H27F3N4OS.C8H10.C2H6/c1-5-6-7-8-15(13-27-11-9-25(3)10-12-27)14(2)19-26(4)17(20(21,22)23)16(29-19)18(24)28;1-7-4-3-5-8(2)6-7;1-2/h1,7-8,19H,6,9-13H2,2-4H3,(H2,24,28);3-6H,1-2H3;1-2H3/b8-7-,15-14-;;. The van der Waals surface area contributed by atoms with Crippen LogP contribution in [0.25, 0.3) is 0 Å². The Morgan fingerprint density at radius 2 is 1.72 bits per heavy atom. The smallest absolute Gasteiger partial charge is 0.365 e. The Hall–Kier alpha value is -2.67. The monoisotopic (exact) mass is 564 g/mol. The number of hydrogen-bond donors (Lipinski definition) is 1. The summed E-state index contributed by atoms with van der Waals surface area (Å²) >= 11 is 0.852. The van der Waals surface area contributed by atoms with E-state index in [1.54, 1.807) is 6.92 Å². The van der Waals surface area contributed by atoms with E-state index in [0.29, 0.717) is 13.0 Å². The molecular weight excluding hydrogens is 521 g/mol. The van der Waals surface area contributed by atoms with Crippen LogP contribution in [0.4, 0.5) is 13.2 Å². The number of benzene rings is 1. The fraction of sp³-hybridized carbons (Fsp3) is 0.500. The summed E-state index contributed by atoms with van der Waals surface area (Å²) in [6.07, 6.45) is 4.83. The molecule has 0 bridgehead atoms. The molecule has 1 fully saturated rings. The van der Waals surface area contributed by atoms with E-state index in [2.05, 4.69) is 60.9 Å². The fourth-order valence-electron chi connectivity index (χ4n) is 4.20. The number of carbonyl (C=O) groups is 1. The number of aryl methyl sites for hydroxylation is 2. The van der Waals surface area contributed by atoms with E-state index in [-0.39, 0.29) is 0 Å². The third-order valence-electron chi connectivity index (χ3n) is 6.24. The molecule has 1 saturated heterocycles. The number of primary amides is 1. The predicted octanol–water partition coefficient (Wildman–Crippen LogP) is 5.72. The van der Waals surface area contributed by atoms with Gasteiger partial charge in [0.15, 0.2) is 0 Å². The van der Waals surface area contributed by atoms with E-state index >= 15 is 0 Å². The zero-order chi connectivity index (χ0) is 29.8. The molecule has 1 amide bonds. The van der Waals surface area contributed by atoms with Gasteiger partial charge in [0.2, 0.25) is 0 Å². The van der Waals surface area contributed by atoms with Crippen molar-refractivity contribution in [2.45, 2.75) is 52.6 Å². The van der Waals surface area contributed by atoms with Crippen LogP contribution in [0.1, 0.15) is 38.3 Å². The topological polar surface area (TPSA) is 52.8 Å². The minimum atomic E-state index is -4.65. The second-order valence-corrected chi connectivity index (χ2v) is 10.5. The largest absolute Gasteiger partial charge is 0.432 e. The lowest BCUT2D eigenvalue weighted by atomic mass is 10.1. The number of carbonyl (C=O) groups excluding carboxylic acids is 1. The molecule has 0 spiro atoms. The summed E-state index contributed by atoms with van der Waals surface area (Å²) in [5.41, 5.74) is 8.59. The van der Waals surface area contributed by atoms with Gasteiger partial charge >= 0.3 is 6.18 Å². The Labute approximate surface area is 237 Å². The van der Waals surface area contributed by atoms with Crippen molar-refractivity contribution >= 4 is 17.7 Å². The van der Waals surface area contributed by atoms with Gasteiger partial charge in [-0.05, 0) is 39.0 Å². The molecule has 2 aliphatic heterocycles. The van der Waals surface area contributed by atoms with Crippen LogP contribution in [0.5, 0.6) is 0 Å². The van der Waals surface area contributed by atoms with Crippen LogP contribution >= 0.6 is 11.8 Å². The highest BCUT2D eigenvalue weighted by Crippen LogP contribution is 2.47. The van der Waals surface area contributed by atoms with Crippen molar-refractivity contribution in [1.82, 2.24) is 14.7 Å². The maximum atomic E-state index is 13.5. The first-order valence-electron chi connectivity index (χ1n) is 13.1. The maximum absolute atomic E-state index is 13.5. The lowest BCUT2D eigenvalue weighted by Gasteiger charge is -2.34. The number of amides is 1. The van der Waals surface area contributed by atoms with E-state index in [1.165, 1.54) is 18.2 Å². The summed E-state index contributed by atoms with van der Waals surface area (Å²) in [5.74, 6) is 1.47. The molecule has 39 heavy (non-hydrogen) atoms. The van der Waals surface area contributed by atoms with Gasteiger partial charge in [-0.15, -0.1) is 12.3 Å². The molecule has 216 valence electrons. The average molecular weight is 565 g/mol. The average Bonchev–Trinajstić information content (AvgIpc) is 3.24. The number of hydrogen-bond acceptors (Lipinski definition) is 5. The van der Waals surface area contributed by atoms with Gasteiger partial charge in [-0.25, -0.2) is 0 Å². The van der Waals surface area contributed by atoms with Crippen molar-refractivity contribution in [1.29, 1.82) is 0 Å². The predicted molar refractivity (Wildman–Crippen MR) is 158 cm³/mol. The Bertz CT molecular complexity index is 1060. The Morgan fingerprint density at radius 3 is 2.13 bits per heavy atom. The van der Waals surface area contributed by atoms with Gasteiger partial charge in [0.05, 0.1) is 0 Å². The van der Waals surface area contributed by atoms with Crippen molar-refractivity contribution < 1.29 is 18.0 Å². The third kappa shape index (κ3) is 10.8. The van der Waals surface area contributed by atoms with Gasteiger partial charge in [-0.2, -0.15) is 13.2 Å². The number of allylic oxidation sites excluding steroid dienone is 2. The first kappa shape index (κ1) is 34.4. The second kappa shape index (κ2) is 16.4.